The number of aromatic nitrogens is 2. The molecule has 2 aromatic rings. The number of ether oxygens (including phenoxy) is 1. The Labute approximate surface area is 197 Å². The Morgan fingerprint density at radius 1 is 1.15 bits per heavy atom. The largest absolute Gasteiger partial charge is 0.377 e. The summed E-state index contributed by atoms with van der Waals surface area (Å²) in [5.74, 6) is 3.06. The minimum atomic E-state index is 0.305. The van der Waals surface area contributed by atoms with E-state index in [2.05, 4.69) is 47.9 Å². The molecule has 1 saturated carbocycles. The average Bonchev–Trinajstić information content (AvgIpc) is 3.54. The molecule has 3 heterocycles. The number of benzene rings is 1. The van der Waals surface area contributed by atoms with Crippen LogP contribution in [0.1, 0.15) is 62.8 Å². The summed E-state index contributed by atoms with van der Waals surface area (Å²) in [6.45, 7) is 9.72. The Morgan fingerprint density at radius 2 is 1.97 bits per heavy atom. The van der Waals surface area contributed by atoms with Crippen LogP contribution in [0.2, 0.25) is 0 Å². The van der Waals surface area contributed by atoms with Crippen molar-refractivity contribution in [3.63, 3.8) is 0 Å². The van der Waals surface area contributed by atoms with Crippen molar-refractivity contribution in [3.05, 3.63) is 41.1 Å². The van der Waals surface area contributed by atoms with Gasteiger partial charge in [-0.2, -0.15) is 0 Å². The molecule has 0 spiro atoms. The molecule has 1 atom stereocenters. The van der Waals surface area contributed by atoms with Crippen molar-refractivity contribution in [1.29, 1.82) is 0 Å². The van der Waals surface area contributed by atoms with E-state index in [1.165, 1.54) is 30.6 Å². The Hall–Kier alpha value is -2.31. The second-order valence-electron chi connectivity index (χ2n) is 10.0. The third-order valence-corrected chi connectivity index (χ3v) is 7.10. The van der Waals surface area contributed by atoms with Crippen molar-refractivity contribution >= 4 is 11.6 Å². The number of fused-ring (bicyclic) bond motifs is 1. The van der Waals surface area contributed by atoms with E-state index in [0.29, 0.717) is 24.7 Å². The van der Waals surface area contributed by atoms with Crippen LogP contribution in [-0.4, -0.2) is 53.0 Å². The van der Waals surface area contributed by atoms with Crippen molar-refractivity contribution in [2.75, 3.05) is 31.2 Å². The number of unbranched alkanes of at least 4 members (excludes halogenated alkanes) is 1. The summed E-state index contributed by atoms with van der Waals surface area (Å²) in [6.07, 6.45) is 5.94. The van der Waals surface area contributed by atoms with Crippen molar-refractivity contribution in [2.45, 2.75) is 71.5 Å². The monoisotopic (exact) mass is 448 g/mol. The van der Waals surface area contributed by atoms with Crippen LogP contribution in [0.4, 0.5) is 5.82 Å². The van der Waals surface area contributed by atoms with Gasteiger partial charge in [0.1, 0.15) is 11.6 Å². The van der Waals surface area contributed by atoms with Gasteiger partial charge in [0, 0.05) is 50.1 Å². The van der Waals surface area contributed by atoms with Gasteiger partial charge in [-0.1, -0.05) is 37.6 Å². The van der Waals surface area contributed by atoms with Gasteiger partial charge >= 0.3 is 0 Å². The first kappa shape index (κ1) is 22.5. The first-order valence-electron chi connectivity index (χ1n) is 12.7. The highest BCUT2D eigenvalue weighted by Crippen LogP contribution is 2.36. The number of morpholine rings is 1. The van der Waals surface area contributed by atoms with Crippen molar-refractivity contribution in [3.8, 4) is 11.4 Å². The van der Waals surface area contributed by atoms with E-state index in [1.807, 2.05) is 0 Å². The quantitative estimate of drug-likeness (QED) is 0.567. The molecular formula is C27H36N4O2. The number of anilines is 1. The first-order valence-corrected chi connectivity index (χ1v) is 12.7. The molecule has 5 rings (SSSR count). The number of hydrogen-bond acceptors (Lipinski definition) is 6. The number of carbonyl (C=O) groups is 1. The number of carbonyl (C=O) groups excluding carboxylic acids is 1. The van der Waals surface area contributed by atoms with E-state index >= 15 is 0 Å². The molecule has 176 valence electrons. The third kappa shape index (κ3) is 5.28. The predicted molar refractivity (Wildman–Crippen MR) is 130 cm³/mol. The number of rotatable bonds is 9. The van der Waals surface area contributed by atoms with Crippen molar-refractivity contribution in [2.24, 2.45) is 5.92 Å². The van der Waals surface area contributed by atoms with Gasteiger partial charge in [0.15, 0.2) is 5.82 Å². The van der Waals surface area contributed by atoms with E-state index in [9.17, 15) is 4.79 Å². The lowest BCUT2D eigenvalue weighted by Gasteiger charge is -2.35. The van der Waals surface area contributed by atoms with E-state index in [0.717, 1.165) is 74.4 Å². The van der Waals surface area contributed by atoms with Gasteiger partial charge in [-0.05, 0) is 37.7 Å². The fraction of sp³-hybridized carbons (Fsp3) is 0.593. The van der Waals surface area contributed by atoms with Gasteiger partial charge in [-0.25, -0.2) is 9.97 Å². The molecule has 1 saturated heterocycles. The molecule has 2 aliphatic heterocycles. The van der Waals surface area contributed by atoms with Crippen molar-refractivity contribution < 1.29 is 9.53 Å². The highest BCUT2D eigenvalue weighted by Gasteiger charge is 2.33. The van der Waals surface area contributed by atoms with Crippen LogP contribution in [0.15, 0.2) is 24.3 Å². The van der Waals surface area contributed by atoms with E-state index < -0.39 is 0 Å². The lowest BCUT2D eigenvalue weighted by molar-refractivity contribution is -0.118. The standard InChI is InChI=1S/C27H36N4O2/c1-3-4-5-23(32)14-20-8-10-22(11-9-20)26-28-25-17-30(15-21-6-7-21)16-24(25)27(29-26)31-12-13-33-18-19(31)2/h8-11,19,21H,3-7,12-18H2,1-2H3/t19-/m0/s1. The zero-order chi connectivity index (χ0) is 22.8. The molecule has 2 fully saturated rings. The van der Waals surface area contributed by atoms with Crippen LogP contribution in [0.5, 0.6) is 0 Å². The fourth-order valence-electron chi connectivity index (χ4n) is 4.97. The number of Topliss-reactive ketones (excluding diaryl/α,β-unsaturated/α-hetero) is 1. The van der Waals surface area contributed by atoms with Crippen LogP contribution in [0.25, 0.3) is 11.4 Å². The average molecular weight is 449 g/mol. The molecule has 0 unspecified atom stereocenters. The summed E-state index contributed by atoms with van der Waals surface area (Å²) in [7, 11) is 0. The summed E-state index contributed by atoms with van der Waals surface area (Å²) in [5, 5.41) is 0. The maximum atomic E-state index is 12.2. The molecule has 3 aliphatic rings. The first-order chi connectivity index (χ1) is 16.1. The minimum Gasteiger partial charge on any atom is -0.377 e. The van der Waals surface area contributed by atoms with E-state index in [1.54, 1.807) is 0 Å². The molecule has 33 heavy (non-hydrogen) atoms. The molecule has 0 N–H and O–H groups in total. The molecule has 0 bridgehead atoms. The lowest BCUT2D eigenvalue weighted by Crippen LogP contribution is -2.44. The van der Waals surface area contributed by atoms with Gasteiger partial charge in [-0.15, -0.1) is 0 Å². The summed E-state index contributed by atoms with van der Waals surface area (Å²) in [5.41, 5.74) is 4.56. The normalized spacial score (nSPS) is 20.8. The zero-order valence-corrected chi connectivity index (χ0v) is 20.1. The maximum absolute atomic E-state index is 12.2. The van der Waals surface area contributed by atoms with Crippen LogP contribution < -0.4 is 4.90 Å². The molecule has 0 radical (unpaired) electrons. The second-order valence-corrected chi connectivity index (χ2v) is 10.0. The van der Waals surface area contributed by atoms with Crippen LogP contribution in [-0.2, 0) is 29.0 Å². The van der Waals surface area contributed by atoms with Gasteiger partial charge in [0.2, 0.25) is 0 Å². The third-order valence-electron chi connectivity index (χ3n) is 7.10. The Balaban J connectivity index is 1.41. The molecule has 1 aliphatic carbocycles. The number of hydrogen-bond donors (Lipinski definition) is 0. The lowest BCUT2D eigenvalue weighted by atomic mass is 10.0. The highest BCUT2D eigenvalue weighted by molar-refractivity contribution is 5.81. The van der Waals surface area contributed by atoms with Gasteiger partial charge in [-0.3, -0.25) is 9.69 Å². The zero-order valence-electron chi connectivity index (χ0n) is 20.1. The molecule has 1 aromatic heterocycles. The molecule has 6 heteroatoms. The summed E-state index contributed by atoms with van der Waals surface area (Å²) in [4.78, 5) is 27.3. The second kappa shape index (κ2) is 9.90. The molecule has 0 amide bonds. The Bertz CT molecular complexity index is 986. The van der Waals surface area contributed by atoms with Crippen LogP contribution in [0.3, 0.4) is 0 Å². The number of nitrogens with zero attached hydrogens (tertiary/aromatic N) is 4. The van der Waals surface area contributed by atoms with Gasteiger partial charge in [0.05, 0.1) is 24.9 Å². The highest BCUT2D eigenvalue weighted by atomic mass is 16.5. The SMILES string of the molecule is CCCCC(=O)Cc1ccc(-c2nc3c(c(N4CCOC[C@@H]4C)n2)CN(CC2CC2)C3)cc1. The maximum Gasteiger partial charge on any atom is 0.161 e. The van der Waals surface area contributed by atoms with Gasteiger partial charge in [0.25, 0.3) is 0 Å². The van der Waals surface area contributed by atoms with Crippen LogP contribution in [0, 0.1) is 5.92 Å². The van der Waals surface area contributed by atoms with Crippen molar-refractivity contribution in [1.82, 2.24) is 14.9 Å². The molecular weight excluding hydrogens is 412 g/mol. The molecule has 1 aromatic carbocycles. The van der Waals surface area contributed by atoms with E-state index in [4.69, 9.17) is 14.7 Å². The van der Waals surface area contributed by atoms with E-state index in [-0.39, 0.29) is 0 Å². The Kier molecular flexibility index (Phi) is 6.74. The number of ketones is 1. The van der Waals surface area contributed by atoms with Crippen LogP contribution >= 0.6 is 0 Å². The molecule has 6 nitrogen and oxygen atoms in total. The smallest absolute Gasteiger partial charge is 0.161 e. The fourth-order valence-corrected chi connectivity index (χ4v) is 4.97. The Morgan fingerprint density at radius 3 is 2.70 bits per heavy atom. The topological polar surface area (TPSA) is 58.6 Å². The predicted octanol–water partition coefficient (Wildman–Crippen LogP) is 4.40. The minimum absolute atomic E-state index is 0.305. The van der Waals surface area contributed by atoms with Gasteiger partial charge < -0.3 is 9.64 Å². The summed E-state index contributed by atoms with van der Waals surface area (Å²) < 4.78 is 5.70. The summed E-state index contributed by atoms with van der Waals surface area (Å²) >= 11 is 0. The summed E-state index contributed by atoms with van der Waals surface area (Å²) in [6, 6.07) is 8.58.